The molecule has 0 aliphatic carbocycles. The van der Waals surface area contributed by atoms with Gasteiger partial charge in [-0.15, -0.1) is 0 Å². The summed E-state index contributed by atoms with van der Waals surface area (Å²) < 4.78 is 0. The molecule has 0 heterocycles. The van der Waals surface area contributed by atoms with Crippen LogP contribution < -0.4 is 10.6 Å². The van der Waals surface area contributed by atoms with E-state index >= 15 is 0 Å². The number of aryl methyl sites for hydroxylation is 1. The fraction of sp³-hybridized carbons (Fsp3) is 0.467. The lowest BCUT2D eigenvalue weighted by Gasteiger charge is -2.20. The molecule has 5 heteroatoms. The van der Waals surface area contributed by atoms with E-state index in [-0.39, 0.29) is 5.92 Å². The highest BCUT2D eigenvalue weighted by Crippen LogP contribution is 2.08. The Morgan fingerprint density at radius 1 is 1.30 bits per heavy atom. The van der Waals surface area contributed by atoms with Gasteiger partial charge in [-0.05, 0) is 24.0 Å². The number of hydrogen-bond acceptors (Lipinski definition) is 2. The van der Waals surface area contributed by atoms with E-state index in [1.807, 2.05) is 38.1 Å². The number of carbonyl (C=O) groups excluding carboxylic acids is 1. The molecule has 2 atom stereocenters. The molecule has 3 N–H and O–H groups in total. The van der Waals surface area contributed by atoms with Gasteiger partial charge in [-0.2, -0.15) is 0 Å². The molecule has 0 aliphatic rings. The lowest BCUT2D eigenvalue weighted by Crippen LogP contribution is -2.48. The van der Waals surface area contributed by atoms with Crippen molar-refractivity contribution in [3.8, 4) is 0 Å². The summed E-state index contributed by atoms with van der Waals surface area (Å²) in [6, 6.07) is 6.41. The van der Waals surface area contributed by atoms with Gasteiger partial charge in [0, 0.05) is 6.54 Å². The minimum Gasteiger partial charge on any atom is -0.480 e. The standard InChI is InChI=1S/C15H22N2O3/c1-4-10(2)13(14(18)19)17-15(20)16-9-12-8-6-5-7-11(12)3/h5-8,10,13H,4,9H2,1-3H3,(H,18,19)(H2,16,17,20)/t10?,13-/m0/s1. The van der Waals surface area contributed by atoms with Crippen LogP contribution >= 0.6 is 0 Å². The zero-order valence-corrected chi connectivity index (χ0v) is 12.1. The Kier molecular flexibility index (Phi) is 6.03. The summed E-state index contributed by atoms with van der Waals surface area (Å²) in [4.78, 5) is 22.9. The van der Waals surface area contributed by atoms with Crippen LogP contribution in [0.15, 0.2) is 24.3 Å². The maximum Gasteiger partial charge on any atom is 0.326 e. The highest BCUT2D eigenvalue weighted by molar-refractivity contribution is 5.82. The van der Waals surface area contributed by atoms with Crippen LogP contribution in [0.5, 0.6) is 0 Å². The Hall–Kier alpha value is -2.04. The number of carboxylic acids is 1. The highest BCUT2D eigenvalue weighted by Gasteiger charge is 2.25. The molecule has 110 valence electrons. The summed E-state index contributed by atoms with van der Waals surface area (Å²) >= 11 is 0. The van der Waals surface area contributed by atoms with E-state index < -0.39 is 18.0 Å². The molecular formula is C15H22N2O3. The van der Waals surface area contributed by atoms with Gasteiger partial charge in [0.1, 0.15) is 6.04 Å². The van der Waals surface area contributed by atoms with Gasteiger partial charge in [-0.25, -0.2) is 9.59 Å². The topological polar surface area (TPSA) is 78.4 Å². The van der Waals surface area contributed by atoms with Crippen LogP contribution in [-0.4, -0.2) is 23.1 Å². The molecule has 1 aromatic carbocycles. The molecule has 0 fully saturated rings. The van der Waals surface area contributed by atoms with Crippen LogP contribution in [-0.2, 0) is 11.3 Å². The van der Waals surface area contributed by atoms with Gasteiger partial charge < -0.3 is 15.7 Å². The Morgan fingerprint density at radius 2 is 1.95 bits per heavy atom. The largest absolute Gasteiger partial charge is 0.480 e. The van der Waals surface area contributed by atoms with Crippen LogP contribution in [0.2, 0.25) is 0 Å². The summed E-state index contributed by atoms with van der Waals surface area (Å²) in [5, 5.41) is 14.3. The number of urea groups is 1. The normalized spacial score (nSPS) is 13.3. The number of hydrogen-bond donors (Lipinski definition) is 3. The molecule has 20 heavy (non-hydrogen) atoms. The minimum atomic E-state index is -1.01. The van der Waals surface area contributed by atoms with E-state index in [0.717, 1.165) is 11.1 Å². The average Bonchev–Trinajstić information content (AvgIpc) is 2.42. The summed E-state index contributed by atoms with van der Waals surface area (Å²) in [7, 11) is 0. The first-order valence-corrected chi connectivity index (χ1v) is 6.77. The van der Waals surface area contributed by atoms with E-state index in [2.05, 4.69) is 10.6 Å². The van der Waals surface area contributed by atoms with Crippen molar-refractivity contribution in [3.63, 3.8) is 0 Å². The third kappa shape index (κ3) is 4.57. The fourth-order valence-corrected chi connectivity index (χ4v) is 1.86. The Balaban J connectivity index is 2.55. The second-order valence-corrected chi connectivity index (χ2v) is 4.95. The van der Waals surface area contributed by atoms with E-state index in [1.165, 1.54) is 0 Å². The maximum absolute atomic E-state index is 11.8. The van der Waals surface area contributed by atoms with Crippen molar-refractivity contribution in [2.24, 2.45) is 5.92 Å². The van der Waals surface area contributed by atoms with Crippen molar-refractivity contribution >= 4 is 12.0 Å². The van der Waals surface area contributed by atoms with Crippen molar-refractivity contribution in [2.75, 3.05) is 0 Å². The SMILES string of the molecule is CCC(C)[C@H](NC(=O)NCc1ccccc1C)C(=O)O. The number of benzene rings is 1. The second-order valence-electron chi connectivity index (χ2n) is 4.95. The van der Waals surface area contributed by atoms with E-state index in [1.54, 1.807) is 6.92 Å². The molecule has 0 spiro atoms. The number of aliphatic carboxylic acids is 1. The third-order valence-electron chi connectivity index (χ3n) is 3.47. The molecule has 0 radical (unpaired) electrons. The summed E-state index contributed by atoms with van der Waals surface area (Å²) in [5.74, 6) is -1.12. The van der Waals surface area contributed by atoms with Crippen LogP contribution in [0.25, 0.3) is 0 Å². The summed E-state index contributed by atoms with van der Waals surface area (Å²) in [5.41, 5.74) is 2.10. The van der Waals surface area contributed by atoms with E-state index in [9.17, 15) is 9.59 Å². The molecule has 2 amide bonds. The zero-order chi connectivity index (χ0) is 15.1. The molecule has 0 aliphatic heterocycles. The number of rotatable bonds is 6. The van der Waals surface area contributed by atoms with Gasteiger partial charge in [0.25, 0.3) is 0 Å². The Bertz CT molecular complexity index is 474. The van der Waals surface area contributed by atoms with Gasteiger partial charge in [0.05, 0.1) is 0 Å². The first-order valence-electron chi connectivity index (χ1n) is 6.77. The monoisotopic (exact) mass is 278 g/mol. The van der Waals surface area contributed by atoms with Gasteiger partial charge in [-0.1, -0.05) is 44.5 Å². The van der Waals surface area contributed by atoms with Crippen LogP contribution in [0.4, 0.5) is 4.79 Å². The molecule has 0 saturated heterocycles. The minimum absolute atomic E-state index is 0.114. The number of amides is 2. The first-order chi connectivity index (χ1) is 9.45. The maximum atomic E-state index is 11.8. The Morgan fingerprint density at radius 3 is 2.50 bits per heavy atom. The molecule has 5 nitrogen and oxygen atoms in total. The van der Waals surface area contributed by atoms with Crippen molar-refractivity contribution in [1.82, 2.24) is 10.6 Å². The lowest BCUT2D eigenvalue weighted by molar-refractivity contribution is -0.140. The number of carbonyl (C=O) groups is 2. The molecule has 0 bridgehead atoms. The lowest BCUT2D eigenvalue weighted by atomic mass is 9.99. The predicted octanol–water partition coefficient (Wildman–Crippen LogP) is 2.29. The molecule has 1 rings (SSSR count). The average molecular weight is 278 g/mol. The Labute approximate surface area is 119 Å². The van der Waals surface area contributed by atoms with Crippen LogP contribution in [0, 0.1) is 12.8 Å². The quantitative estimate of drug-likeness (QED) is 0.747. The molecule has 0 aromatic heterocycles. The van der Waals surface area contributed by atoms with Crippen LogP contribution in [0.3, 0.4) is 0 Å². The smallest absolute Gasteiger partial charge is 0.326 e. The van der Waals surface area contributed by atoms with E-state index in [4.69, 9.17) is 5.11 Å². The summed E-state index contributed by atoms with van der Waals surface area (Å²) in [6.45, 7) is 6.05. The summed E-state index contributed by atoms with van der Waals surface area (Å²) in [6.07, 6.45) is 0.690. The van der Waals surface area contributed by atoms with Crippen molar-refractivity contribution in [2.45, 2.75) is 39.8 Å². The number of carboxylic acid groups (broad SMARTS) is 1. The van der Waals surface area contributed by atoms with Gasteiger partial charge in [0.2, 0.25) is 0 Å². The molecular weight excluding hydrogens is 256 g/mol. The first kappa shape index (κ1) is 16.0. The zero-order valence-electron chi connectivity index (χ0n) is 12.1. The predicted molar refractivity (Wildman–Crippen MR) is 77.4 cm³/mol. The van der Waals surface area contributed by atoms with Crippen LogP contribution in [0.1, 0.15) is 31.4 Å². The van der Waals surface area contributed by atoms with Crippen molar-refractivity contribution in [1.29, 1.82) is 0 Å². The second kappa shape index (κ2) is 7.53. The highest BCUT2D eigenvalue weighted by atomic mass is 16.4. The van der Waals surface area contributed by atoms with E-state index in [0.29, 0.717) is 13.0 Å². The van der Waals surface area contributed by atoms with Gasteiger partial charge in [-0.3, -0.25) is 0 Å². The van der Waals surface area contributed by atoms with Crippen molar-refractivity contribution in [3.05, 3.63) is 35.4 Å². The third-order valence-corrected chi connectivity index (χ3v) is 3.47. The fourth-order valence-electron chi connectivity index (χ4n) is 1.86. The van der Waals surface area contributed by atoms with Crippen molar-refractivity contribution < 1.29 is 14.7 Å². The molecule has 0 saturated carbocycles. The number of nitrogens with one attached hydrogen (secondary N) is 2. The molecule has 1 aromatic rings. The molecule has 1 unspecified atom stereocenters. The van der Waals surface area contributed by atoms with Gasteiger partial charge in [0.15, 0.2) is 0 Å². The van der Waals surface area contributed by atoms with Gasteiger partial charge >= 0.3 is 12.0 Å².